The van der Waals surface area contributed by atoms with E-state index in [1.54, 1.807) is 19.0 Å². The minimum atomic E-state index is 0.122. The number of carbonyl (C=O) groups excluding carboxylic acids is 2. The lowest BCUT2D eigenvalue weighted by Crippen LogP contribution is -2.40. The zero-order chi connectivity index (χ0) is 15.0. The lowest BCUT2D eigenvalue weighted by atomic mass is 10.3. The van der Waals surface area contributed by atoms with E-state index in [-0.39, 0.29) is 11.8 Å². The molecule has 0 unspecified atom stereocenters. The molecule has 1 fully saturated rings. The maximum absolute atomic E-state index is 12.1. The molecule has 0 aromatic rings. The fourth-order valence-electron chi connectivity index (χ4n) is 2.24. The predicted octanol–water partition coefficient (Wildman–Crippen LogP) is -0.391. The Morgan fingerprint density at radius 3 is 2.55 bits per heavy atom. The molecule has 20 heavy (non-hydrogen) atoms. The first-order valence-corrected chi connectivity index (χ1v) is 7.45. The van der Waals surface area contributed by atoms with Gasteiger partial charge in [0.15, 0.2) is 0 Å². The summed E-state index contributed by atoms with van der Waals surface area (Å²) >= 11 is 0. The number of likely N-dealkylation sites (N-methyl/N-ethyl adjacent to an activating group) is 1. The Balaban J connectivity index is 2.35. The van der Waals surface area contributed by atoms with Gasteiger partial charge in [0.25, 0.3) is 0 Å². The van der Waals surface area contributed by atoms with Crippen LogP contribution < -0.4 is 5.32 Å². The average molecular weight is 284 g/mol. The third-order valence-electron chi connectivity index (χ3n) is 3.56. The summed E-state index contributed by atoms with van der Waals surface area (Å²) in [7, 11) is 3.55. The fourth-order valence-corrected chi connectivity index (χ4v) is 2.24. The van der Waals surface area contributed by atoms with Crippen molar-refractivity contribution in [3.05, 3.63) is 0 Å². The van der Waals surface area contributed by atoms with Crippen molar-refractivity contribution in [2.75, 3.05) is 59.9 Å². The smallest absolute Gasteiger partial charge is 0.236 e. The van der Waals surface area contributed by atoms with E-state index in [4.69, 9.17) is 0 Å². The van der Waals surface area contributed by atoms with Crippen LogP contribution in [0.4, 0.5) is 0 Å². The van der Waals surface area contributed by atoms with E-state index >= 15 is 0 Å². The molecule has 6 nitrogen and oxygen atoms in total. The molecule has 0 bridgehead atoms. The van der Waals surface area contributed by atoms with Gasteiger partial charge in [-0.1, -0.05) is 6.92 Å². The molecule has 0 spiro atoms. The van der Waals surface area contributed by atoms with Gasteiger partial charge >= 0.3 is 0 Å². The van der Waals surface area contributed by atoms with Crippen molar-refractivity contribution >= 4 is 11.8 Å². The van der Waals surface area contributed by atoms with Crippen LogP contribution >= 0.6 is 0 Å². The van der Waals surface area contributed by atoms with Crippen LogP contribution in [0.1, 0.15) is 19.8 Å². The topological polar surface area (TPSA) is 55.9 Å². The van der Waals surface area contributed by atoms with E-state index in [0.29, 0.717) is 13.0 Å². The number of rotatable bonds is 6. The van der Waals surface area contributed by atoms with Crippen LogP contribution in [0.5, 0.6) is 0 Å². The second-order valence-electron chi connectivity index (χ2n) is 5.40. The largest absolute Gasteiger partial charge is 0.348 e. The first-order valence-electron chi connectivity index (χ1n) is 7.45. The van der Waals surface area contributed by atoms with Crippen molar-refractivity contribution in [2.45, 2.75) is 19.8 Å². The van der Waals surface area contributed by atoms with Crippen LogP contribution in [0.2, 0.25) is 0 Å². The van der Waals surface area contributed by atoms with Gasteiger partial charge in [-0.2, -0.15) is 0 Å². The van der Waals surface area contributed by atoms with Gasteiger partial charge in [0.05, 0.1) is 6.54 Å². The van der Waals surface area contributed by atoms with Crippen molar-refractivity contribution in [1.82, 2.24) is 20.0 Å². The van der Waals surface area contributed by atoms with Gasteiger partial charge in [0, 0.05) is 53.2 Å². The zero-order valence-corrected chi connectivity index (χ0v) is 13.0. The van der Waals surface area contributed by atoms with Crippen molar-refractivity contribution in [3.63, 3.8) is 0 Å². The molecule has 2 amide bonds. The van der Waals surface area contributed by atoms with E-state index < -0.39 is 0 Å². The number of amides is 2. The Morgan fingerprint density at radius 2 is 1.90 bits per heavy atom. The maximum atomic E-state index is 12.1. The molecule has 1 heterocycles. The minimum Gasteiger partial charge on any atom is -0.348 e. The molecule has 1 saturated heterocycles. The number of nitrogens with one attached hydrogen (secondary N) is 1. The summed E-state index contributed by atoms with van der Waals surface area (Å²) in [6.07, 6.45) is 1.50. The van der Waals surface area contributed by atoms with E-state index in [0.717, 1.165) is 45.7 Å². The molecule has 1 aliphatic rings. The molecule has 0 atom stereocenters. The Kier molecular flexibility index (Phi) is 7.54. The van der Waals surface area contributed by atoms with Gasteiger partial charge in [-0.05, 0) is 13.0 Å². The summed E-state index contributed by atoms with van der Waals surface area (Å²) in [5.74, 6) is 0.337. The number of hydrogen-bond acceptors (Lipinski definition) is 4. The molecule has 6 heteroatoms. The third kappa shape index (κ3) is 5.88. The summed E-state index contributed by atoms with van der Waals surface area (Å²) in [6.45, 7) is 7.33. The lowest BCUT2D eigenvalue weighted by molar-refractivity contribution is -0.130. The van der Waals surface area contributed by atoms with Crippen LogP contribution in [-0.2, 0) is 9.59 Å². The van der Waals surface area contributed by atoms with Crippen molar-refractivity contribution in [2.24, 2.45) is 0 Å². The maximum Gasteiger partial charge on any atom is 0.236 e. The quantitative estimate of drug-likeness (QED) is 0.675. The summed E-state index contributed by atoms with van der Waals surface area (Å²) < 4.78 is 0. The van der Waals surface area contributed by atoms with Crippen molar-refractivity contribution in [3.8, 4) is 0 Å². The Hall–Kier alpha value is -1.14. The van der Waals surface area contributed by atoms with Crippen molar-refractivity contribution in [1.29, 1.82) is 0 Å². The van der Waals surface area contributed by atoms with Gasteiger partial charge in [-0.3, -0.25) is 14.5 Å². The lowest BCUT2D eigenvalue weighted by Gasteiger charge is -2.22. The summed E-state index contributed by atoms with van der Waals surface area (Å²) in [5.41, 5.74) is 0. The van der Waals surface area contributed by atoms with E-state index in [9.17, 15) is 9.59 Å². The fraction of sp³-hybridized carbons (Fsp3) is 0.857. The molecular formula is C14H28N4O2. The average Bonchev–Trinajstić information content (AvgIpc) is 2.64. The van der Waals surface area contributed by atoms with Crippen LogP contribution in [0, 0.1) is 0 Å². The summed E-state index contributed by atoms with van der Waals surface area (Å²) in [6, 6.07) is 0. The van der Waals surface area contributed by atoms with Gasteiger partial charge in [-0.25, -0.2) is 0 Å². The van der Waals surface area contributed by atoms with E-state index in [1.165, 1.54) is 0 Å². The second kappa shape index (κ2) is 8.92. The third-order valence-corrected chi connectivity index (χ3v) is 3.56. The molecule has 0 radical (unpaired) electrons. The van der Waals surface area contributed by atoms with Gasteiger partial charge in [-0.15, -0.1) is 0 Å². The predicted molar refractivity (Wildman–Crippen MR) is 79.5 cm³/mol. The highest BCUT2D eigenvalue weighted by molar-refractivity contribution is 5.78. The minimum absolute atomic E-state index is 0.122. The van der Waals surface area contributed by atoms with Crippen LogP contribution in [0.15, 0.2) is 0 Å². The highest BCUT2D eigenvalue weighted by Gasteiger charge is 2.20. The van der Waals surface area contributed by atoms with Crippen LogP contribution in [-0.4, -0.2) is 86.4 Å². The molecule has 0 aromatic heterocycles. The summed E-state index contributed by atoms with van der Waals surface area (Å²) in [5, 5.41) is 3.17. The molecule has 0 aromatic carbocycles. The van der Waals surface area contributed by atoms with Crippen LogP contribution in [0.25, 0.3) is 0 Å². The number of hydrogen-bond donors (Lipinski definition) is 1. The normalized spacial score (nSPS) is 16.9. The summed E-state index contributed by atoms with van der Waals surface area (Å²) in [4.78, 5) is 29.4. The molecule has 0 saturated carbocycles. The second-order valence-corrected chi connectivity index (χ2v) is 5.40. The molecular weight excluding hydrogens is 256 g/mol. The Bertz CT molecular complexity index is 320. The Labute approximate surface area is 122 Å². The van der Waals surface area contributed by atoms with Crippen LogP contribution in [0.3, 0.4) is 0 Å². The molecule has 116 valence electrons. The highest BCUT2D eigenvalue weighted by Crippen LogP contribution is 2.05. The number of carbonyl (C=O) groups is 2. The van der Waals surface area contributed by atoms with Gasteiger partial charge in [0.2, 0.25) is 11.8 Å². The first-order chi connectivity index (χ1) is 9.54. The zero-order valence-electron chi connectivity index (χ0n) is 13.0. The van der Waals surface area contributed by atoms with Gasteiger partial charge < -0.3 is 15.1 Å². The molecule has 1 N–H and O–H groups in total. The molecule has 1 aliphatic heterocycles. The monoisotopic (exact) mass is 284 g/mol. The SMILES string of the molecule is CCNCCC(=O)N1CCCN(CC(=O)N(C)C)CC1. The Morgan fingerprint density at radius 1 is 1.15 bits per heavy atom. The standard InChI is InChI=1S/C14H28N4O2/c1-4-15-7-6-13(19)18-9-5-8-17(10-11-18)12-14(20)16(2)3/h15H,4-12H2,1-3H3. The van der Waals surface area contributed by atoms with E-state index in [2.05, 4.69) is 10.2 Å². The number of nitrogens with zero attached hydrogens (tertiary/aromatic N) is 3. The van der Waals surface area contributed by atoms with E-state index in [1.807, 2.05) is 11.8 Å². The van der Waals surface area contributed by atoms with Gasteiger partial charge in [0.1, 0.15) is 0 Å². The van der Waals surface area contributed by atoms with Crippen molar-refractivity contribution < 1.29 is 9.59 Å². The highest BCUT2D eigenvalue weighted by atomic mass is 16.2. The molecule has 0 aliphatic carbocycles. The molecule has 1 rings (SSSR count). The first kappa shape index (κ1) is 16.9.